The number of phosphoric acid groups is 1. The molecular weight excluding hydrogens is 525 g/mol. The first-order chi connectivity index (χ1) is 18.7. The number of quaternary nitrogens is 1. The zero-order chi connectivity index (χ0) is 29.3. The van der Waals surface area contributed by atoms with Gasteiger partial charge in [0.25, 0.3) is 0 Å². The Morgan fingerprint density at radius 3 is 2.58 bits per heavy atom. The number of hydrogen-bond acceptors (Lipinski definition) is 5. The topological polar surface area (TPSA) is 96.2 Å². The van der Waals surface area contributed by atoms with E-state index >= 15 is 0 Å². The molecule has 0 heterocycles. The third-order valence-electron chi connectivity index (χ3n) is 9.94. The Hall–Kier alpha value is -1.05. The van der Waals surface area contributed by atoms with Gasteiger partial charge in [0.15, 0.2) is 0 Å². The Balaban J connectivity index is 1.42. The Kier molecular flexibility index (Phi) is 10.1. The number of aliphatic hydroxyl groups excluding tert-OH is 2. The predicted octanol–water partition coefficient (Wildman–Crippen LogP) is 5.94. The van der Waals surface area contributed by atoms with Crippen molar-refractivity contribution < 1.29 is 33.2 Å². The molecule has 4 rings (SSSR count). The second-order valence-corrected chi connectivity index (χ2v) is 15.5. The first kappa shape index (κ1) is 31.9. The molecule has 1 unspecified atom stereocenters. The minimum atomic E-state index is -4.23. The number of aliphatic hydroxyl groups is 2. The van der Waals surface area contributed by atoms with E-state index in [1.807, 2.05) is 27.2 Å². The molecule has 4 aliphatic carbocycles. The maximum atomic E-state index is 12.6. The van der Waals surface area contributed by atoms with Crippen molar-refractivity contribution in [3.8, 4) is 0 Å². The van der Waals surface area contributed by atoms with Crippen LogP contribution in [0.1, 0.15) is 71.6 Å². The molecule has 8 heteroatoms. The molecule has 0 bridgehead atoms. The van der Waals surface area contributed by atoms with E-state index in [9.17, 15) is 19.7 Å². The lowest BCUT2D eigenvalue weighted by molar-refractivity contribution is -0.870. The summed E-state index contributed by atoms with van der Waals surface area (Å²) >= 11 is 0. The summed E-state index contributed by atoms with van der Waals surface area (Å²) in [7, 11) is 1.73. The van der Waals surface area contributed by atoms with E-state index in [-0.39, 0.29) is 24.5 Å². The third-order valence-corrected chi connectivity index (χ3v) is 11.0. The maximum Gasteiger partial charge on any atom is 0.472 e. The zero-order valence-electron chi connectivity index (χ0n) is 25.3. The molecule has 0 aromatic rings. The lowest BCUT2D eigenvalue weighted by Gasteiger charge is -2.44. The normalized spacial score (nSPS) is 36.6. The van der Waals surface area contributed by atoms with Crippen LogP contribution in [0.25, 0.3) is 0 Å². The Morgan fingerprint density at radius 2 is 1.90 bits per heavy atom. The van der Waals surface area contributed by atoms with Gasteiger partial charge in [-0.1, -0.05) is 50.3 Å². The van der Waals surface area contributed by atoms with E-state index in [0.29, 0.717) is 46.7 Å². The van der Waals surface area contributed by atoms with Gasteiger partial charge in [0.2, 0.25) is 0 Å². The zero-order valence-corrected chi connectivity index (χ0v) is 26.2. The molecule has 4 aliphatic rings. The molecule has 3 N–H and O–H groups in total. The number of phosphoric ester groups is 1. The summed E-state index contributed by atoms with van der Waals surface area (Å²) in [6.07, 6.45) is 15.6. The quantitative estimate of drug-likeness (QED) is 0.160. The maximum absolute atomic E-state index is 12.6. The molecule has 8 atom stereocenters. The minimum absolute atomic E-state index is 0.116. The van der Waals surface area contributed by atoms with Gasteiger partial charge in [-0.25, -0.2) is 4.57 Å². The first-order valence-corrected chi connectivity index (χ1v) is 16.8. The van der Waals surface area contributed by atoms with Crippen LogP contribution in [0, 0.1) is 29.1 Å². The lowest BCUT2D eigenvalue weighted by atomic mass is 9.61. The third kappa shape index (κ3) is 8.06. The number of rotatable bonds is 11. The number of hydrogen-bond donors (Lipinski definition) is 3. The lowest BCUT2D eigenvalue weighted by Crippen LogP contribution is -2.37. The summed E-state index contributed by atoms with van der Waals surface area (Å²) in [6, 6.07) is 0. The number of nitrogens with zero attached hydrogens (tertiary/aromatic N) is 1. The van der Waals surface area contributed by atoms with Crippen molar-refractivity contribution in [2.45, 2.75) is 89.9 Å². The van der Waals surface area contributed by atoms with Crippen LogP contribution in [0.4, 0.5) is 0 Å². The largest absolute Gasteiger partial charge is 0.472 e. The minimum Gasteiger partial charge on any atom is -0.389 e. The van der Waals surface area contributed by atoms with Gasteiger partial charge in [-0.3, -0.25) is 9.05 Å². The Morgan fingerprint density at radius 1 is 1.18 bits per heavy atom. The molecule has 4 fully saturated rings. The van der Waals surface area contributed by atoms with Crippen molar-refractivity contribution in [1.29, 1.82) is 0 Å². The SMILES string of the molecule is C=C1C(=CC=C2CCC[C@]3(C)[C@@H]([C@H](C)C=C[C@@H](O)C4CC4)CC[C@@H]23)C[C@H](OP(=O)(O)OCC[N+](C)(C)C)C[C@H]1O. The molecule has 0 aromatic heterocycles. The average molecular weight is 579 g/mol. The molecule has 0 saturated heterocycles. The van der Waals surface area contributed by atoms with E-state index in [0.717, 1.165) is 31.3 Å². The highest BCUT2D eigenvalue weighted by atomic mass is 31.2. The molecule has 226 valence electrons. The van der Waals surface area contributed by atoms with Crippen LogP contribution < -0.4 is 0 Å². The van der Waals surface area contributed by atoms with E-state index in [1.54, 1.807) is 0 Å². The van der Waals surface area contributed by atoms with Crippen molar-refractivity contribution in [3.05, 3.63) is 47.6 Å². The van der Waals surface area contributed by atoms with Crippen LogP contribution in [0.5, 0.6) is 0 Å². The molecule has 0 radical (unpaired) electrons. The highest BCUT2D eigenvalue weighted by molar-refractivity contribution is 7.47. The van der Waals surface area contributed by atoms with Crippen LogP contribution in [-0.4, -0.2) is 72.2 Å². The van der Waals surface area contributed by atoms with E-state index in [4.69, 9.17) is 9.05 Å². The fourth-order valence-electron chi connectivity index (χ4n) is 7.34. The summed E-state index contributed by atoms with van der Waals surface area (Å²) in [4.78, 5) is 10.3. The summed E-state index contributed by atoms with van der Waals surface area (Å²) < 4.78 is 23.9. The number of allylic oxidation sites excluding steroid dienone is 4. The summed E-state index contributed by atoms with van der Waals surface area (Å²) in [5.41, 5.74) is 3.22. The van der Waals surface area contributed by atoms with Crippen molar-refractivity contribution in [2.24, 2.45) is 29.1 Å². The smallest absolute Gasteiger partial charge is 0.389 e. The monoisotopic (exact) mass is 578 g/mol. The number of likely N-dealkylation sites (N-methyl/N-ethyl adjacent to an activating group) is 1. The molecule has 4 saturated carbocycles. The summed E-state index contributed by atoms with van der Waals surface area (Å²) in [6.45, 7) is 9.59. The highest BCUT2D eigenvalue weighted by Gasteiger charge is 2.50. The van der Waals surface area contributed by atoms with Crippen LogP contribution in [-0.2, 0) is 13.6 Å². The van der Waals surface area contributed by atoms with Crippen molar-refractivity contribution in [3.63, 3.8) is 0 Å². The van der Waals surface area contributed by atoms with Crippen LogP contribution in [0.15, 0.2) is 47.6 Å². The van der Waals surface area contributed by atoms with Crippen molar-refractivity contribution in [2.75, 3.05) is 34.3 Å². The molecule has 7 nitrogen and oxygen atoms in total. The first-order valence-electron chi connectivity index (χ1n) is 15.3. The summed E-state index contributed by atoms with van der Waals surface area (Å²) in [5, 5.41) is 21.0. The van der Waals surface area contributed by atoms with Gasteiger partial charge in [-0.15, -0.1) is 0 Å². The van der Waals surface area contributed by atoms with E-state index in [1.165, 1.54) is 24.8 Å². The van der Waals surface area contributed by atoms with Gasteiger partial charge in [0, 0.05) is 6.42 Å². The molecule has 0 spiro atoms. The van der Waals surface area contributed by atoms with Crippen molar-refractivity contribution >= 4 is 7.82 Å². The van der Waals surface area contributed by atoms with E-state index in [2.05, 4.69) is 38.7 Å². The molecular formula is C32H53NO6P+. The van der Waals surface area contributed by atoms with Gasteiger partial charge >= 0.3 is 7.82 Å². The van der Waals surface area contributed by atoms with Crippen LogP contribution in [0.3, 0.4) is 0 Å². The second-order valence-electron chi connectivity index (χ2n) is 14.1. The second kappa shape index (κ2) is 12.7. The fraction of sp³-hybridized carbons (Fsp3) is 0.750. The van der Waals surface area contributed by atoms with Crippen molar-refractivity contribution in [1.82, 2.24) is 0 Å². The van der Waals surface area contributed by atoms with E-state index < -0.39 is 20.0 Å². The fourth-order valence-corrected chi connectivity index (χ4v) is 8.25. The summed E-state index contributed by atoms with van der Waals surface area (Å²) in [5.74, 6) is 2.02. The predicted molar refractivity (Wildman–Crippen MR) is 159 cm³/mol. The molecule has 40 heavy (non-hydrogen) atoms. The Bertz CT molecular complexity index is 1060. The number of fused-ring (bicyclic) bond motifs is 1. The van der Waals surface area contributed by atoms with Gasteiger partial charge in [0.05, 0.1) is 39.5 Å². The van der Waals surface area contributed by atoms with Gasteiger partial charge in [-0.05, 0) is 91.6 Å². The van der Waals surface area contributed by atoms with Crippen LogP contribution >= 0.6 is 7.82 Å². The van der Waals surface area contributed by atoms with Gasteiger partial charge < -0.3 is 19.6 Å². The average Bonchev–Trinajstić information content (AvgIpc) is 3.64. The Labute approximate surface area is 241 Å². The highest BCUT2D eigenvalue weighted by Crippen LogP contribution is 2.59. The standard InChI is InChI=1S/C32H52NO6P/c1-22(9-16-30(34)25-11-12-25)28-14-15-29-24(8-7-17-32(28,29)3)10-13-26-20-27(21-31(35)23(26)2)39-40(36,37)38-19-18-33(4,5)6/h9-10,13,16,22,25,27-31,34-35H,2,7-8,11-12,14-15,17-21H2,1,3-6H3/p+1/t22-,27+,28-,29+,30-,31-,32-/m1/s1. The van der Waals surface area contributed by atoms with Gasteiger partial charge in [0.1, 0.15) is 13.2 Å². The molecule has 0 aromatic carbocycles. The molecule has 0 aliphatic heterocycles. The van der Waals surface area contributed by atoms with Gasteiger partial charge in [-0.2, -0.15) is 0 Å². The molecule has 0 amide bonds. The van der Waals surface area contributed by atoms with Crippen LogP contribution in [0.2, 0.25) is 0 Å².